The number of amides is 1. The summed E-state index contributed by atoms with van der Waals surface area (Å²) >= 11 is 0. The second-order valence-electron chi connectivity index (χ2n) is 6.18. The van der Waals surface area contributed by atoms with Crippen LogP contribution in [0.1, 0.15) is 18.4 Å². The van der Waals surface area contributed by atoms with Gasteiger partial charge in [-0.3, -0.25) is 14.4 Å². The molecule has 1 aromatic heterocycles. The highest BCUT2D eigenvalue weighted by Crippen LogP contribution is 2.18. The van der Waals surface area contributed by atoms with E-state index in [1.807, 2.05) is 0 Å². The molecule has 0 bridgehead atoms. The van der Waals surface area contributed by atoms with E-state index in [0.717, 1.165) is 19.4 Å². The van der Waals surface area contributed by atoms with Gasteiger partial charge in [0.05, 0.1) is 13.1 Å². The second-order valence-corrected chi connectivity index (χ2v) is 6.18. The van der Waals surface area contributed by atoms with Crippen molar-refractivity contribution in [1.29, 1.82) is 0 Å². The molecule has 1 fully saturated rings. The van der Waals surface area contributed by atoms with Gasteiger partial charge in [0.25, 0.3) is 0 Å². The van der Waals surface area contributed by atoms with Gasteiger partial charge in [0.2, 0.25) is 5.91 Å². The summed E-state index contributed by atoms with van der Waals surface area (Å²) in [6.07, 6.45) is 5.33. The summed E-state index contributed by atoms with van der Waals surface area (Å²) in [5.41, 5.74) is 0.00744. The Labute approximate surface area is 144 Å². The lowest BCUT2D eigenvalue weighted by atomic mass is 10.1. The van der Waals surface area contributed by atoms with Crippen molar-refractivity contribution in [2.75, 3.05) is 19.6 Å². The van der Waals surface area contributed by atoms with Gasteiger partial charge in [-0.2, -0.15) is 5.10 Å². The zero-order chi connectivity index (χ0) is 17.6. The monoisotopic (exact) mass is 349 g/mol. The summed E-state index contributed by atoms with van der Waals surface area (Å²) in [7, 11) is 0. The minimum atomic E-state index is -0.582. The molecule has 25 heavy (non-hydrogen) atoms. The number of halogens is 2. The molecule has 1 atom stereocenters. The van der Waals surface area contributed by atoms with E-state index >= 15 is 0 Å². The molecule has 1 unspecified atom stereocenters. The number of benzene rings is 1. The quantitative estimate of drug-likeness (QED) is 0.820. The molecule has 1 aromatic carbocycles. The summed E-state index contributed by atoms with van der Waals surface area (Å²) in [6, 6.07) is 4.02. The highest BCUT2D eigenvalue weighted by molar-refractivity contribution is 5.78. The summed E-state index contributed by atoms with van der Waals surface area (Å²) in [5.74, 6) is -1.30. The predicted octanol–water partition coefficient (Wildman–Crippen LogP) is 1.38. The van der Waals surface area contributed by atoms with E-state index in [1.54, 1.807) is 11.0 Å². The Morgan fingerprint density at radius 2 is 2.12 bits per heavy atom. The molecule has 1 N–H and O–H groups in total. The number of hydrogen-bond donors (Lipinski definition) is 1. The fraction of sp³-hybridized carbons (Fsp3) is 0.471. The topological polar surface area (TPSA) is 63.1 Å². The lowest BCUT2D eigenvalue weighted by Gasteiger charge is -2.23. The Morgan fingerprint density at radius 1 is 1.32 bits per heavy atom. The van der Waals surface area contributed by atoms with Gasteiger partial charge in [0, 0.05) is 18.2 Å². The Bertz CT molecular complexity index is 687. The van der Waals surface area contributed by atoms with E-state index in [9.17, 15) is 13.6 Å². The van der Waals surface area contributed by atoms with Crippen LogP contribution < -0.4 is 5.32 Å². The van der Waals surface area contributed by atoms with Crippen molar-refractivity contribution in [1.82, 2.24) is 25.0 Å². The van der Waals surface area contributed by atoms with Crippen molar-refractivity contribution in [3.63, 3.8) is 0 Å². The van der Waals surface area contributed by atoms with Crippen molar-refractivity contribution >= 4 is 5.91 Å². The lowest BCUT2D eigenvalue weighted by molar-refractivity contribution is -0.122. The van der Waals surface area contributed by atoms with E-state index in [2.05, 4.69) is 20.3 Å². The maximum atomic E-state index is 13.6. The van der Waals surface area contributed by atoms with Gasteiger partial charge in [-0.05, 0) is 37.9 Å². The molecule has 2 heterocycles. The number of nitrogens with zero attached hydrogens (tertiary/aromatic N) is 4. The van der Waals surface area contributed by atoms with E-state index < -0.39 is 11.6 Å². The van der Waals surface area contributed by atoms with Gasteiger partial charge in [-0.25, -0.2) is 13.8 Å². The van der Waals surface area contributed by atoms with Crippen LogP contribution in [0.4, 0.5) is 8.78 Å². The Balaban J connectivity index is 1.45. The maximum absolute atomic E-state index is 13.6. The molecule has 0 spiro atoms. The fourth-order valence-corrected chi connectivity index (χ4v) is 3.19. The van der Waals surface area contributed by atoms with Gasteiger partial charge < -0.3 is 5.32 Å². The highest BCUT2D eigenvalue weighted by Gasteiger charge is 2.26. The van der Waals surface area contributed by atoms with Crippen LogP contribution in [0.5, 0.6) is 0 Å². The van der Waals surface area contributed by atoms with Gasteiger partial charge in [0.1, 0.15) is 24.3 Å². The van der Waals surface area contributed by atoms with Crippen molar-refractivity contribution in [2.24, 2.45) is 0 Å². The molecule has 1 aliphatic rings. The van der Waals surface area contributed by atoms with Crippen LogP contribution in [0.2, 0.25) is 0 Å². The van der Waals surface area contributed by atoms with Crippen LogP contribution in [0.25, 0.3) is 0 Å². The first-order chi connectivity index (χ1) is 12.1. The average Bonchev–Trinajstić information content (AvgIpc) is 3.23. The van der Waals surface area contributed by atoms with Gasteiger partial charge in [-0.15, -0.1) is 0 Å². The van der Waals surface area contributed by atoms with Crippen molar-refractivity contribution < 1.29 is 13.6 Å². The third-order valence-electron chi connectivity index (χ3n) is 4.47. The SMILES string of the molecule is O=C(CN1CCCC1Cn1cncn1)NCCc1c(F)cccc1F. The molecular formula is C17H21F2N5O. The van der Waals surface area contributed by atoms with E-state index in [4.69, 9.17) is 0 Å². The van der Waals surface area contributed by atoms with Crippen molar-refractivity contribution in [3.8, 4) is 0 Å². The molecule has 8 heteroatoms. The van der Waals surface area contributed by atoms with E-state index in [0.29, 0.717) is 6.54 Å². The molecule has 0 radical (unpaired) electrons. The van der Waals surface area contributed by atoms with Crippen LogP contribution in [0, 0.1) is 11.6 Å². The standard InChI is InChI=1S/C17H21F2N5O/c18-15-4-1-5-16(19)14(15)6-7-21-17(25)10-23-8-2-3-13(23)9-24-12-20-11-22-24/h1,4-5,11-13H,2-3,6-10H2,(H,21,25). The second kappa shape index (κ2) is 8.15. The molecule has 3 rings (SSSR count). The molecule has 134 valence electrons. The smallest absolute Gasteiger partial charge is 0.234 e. The molecule has 0 saturated carbocycles. The number of aromatic nitrogens is 3. The first-order valence-electron chi connectivity index (χ1n) is 8.39. The van der Waals surface area contributed by atoms with Crippen molar-refractivity contribution in [3.05, 3.63) is 48.1 Å². The Kier molecular flexibility index (Phi) is 5.70. The molecule has 6 nitrogen and oxygen atoms in total. The minimum Gasteiger partial charge on any atom is -0.355 e. The first-order valence-corrected chi connectivity index (χ1v) is 8.39. The lowest BCUT2D eigenvalue weighted by Crippen LogP contribution is -2.41. The van der Waals surface area contributed by atoms with Crippen LogP contribution in [-0.2, 0) is 17.8 Å². The normalized spacial score (nSPS) is 17.8. The predicted molar refractivity (Wildman–Crippen MR) is 87.7 cm³/mol. The zero-order valence-electron chi connectivity index (χ0n) is 13.9. The average molecular weight is 349 g/mol. The van der Waals surface area contributed by atoms with Crippen LogP contribution in [0.15, 0.2) is 30.9 Å². The number of likely N-dealkylation sites (tertiary alicyclic amines) is 1. The van der Waals surface area contributed by atoms with E-state index in [-0.39, 0.29) is 37.0 Å². The molecule has 1 aliphatic heterocycles. The first kappa shape index (κ1) is 17.5. The number of rotatable bonds is 7. The summed E-state index contributed by atoms with van der Waals surface area (Å²) in [4.78, 5) is 18.2. The Morgan fingerprint density at radius 3 is 2.84 bits per heavy atom. The van der Waals surface area contributed by atoms with Crippen molar-refractivity contribution in [2.45, 2.75) is 31.8 Å². The van der Waals surface area contributed by atoms with E-state index in [1.165, 1.54) is 24.5 Å². The van der Waals surface area contributed by atoms with Gasteiger partial charge >= 0.3 is 0 Å². The minimum absolute atomic E-state index is 0.00744. The van der Waals surface area contributed by atoms with Gasteiger partial charge in [-0.1, -0.05) is 6.07 Å². The summed E-state index contributed by atoms with van der Waals surface area (Å²) < 4.78 is 28.9. The molecule has 2 aromatic rings. The van der Waals surface area contributed by atoms with Gasteiger partial charge in [0.15, 0.2) is 0 Å². The highest BCUT2D eigenvalue weighted by atomic mass is 19.1. The zero-order valence-corrected chi connectivity index (χ0v) is 13.9. The van der Waals surface area contributed by atoms with Crippen LogP contribution in [0.3, 0.4) is 0 Å². The number of carbonyl (C=O) groups is 1. The summed E-state index contributed by atoms with van der Waals surface area (Å²) in [5, 5.41) is 6.84. The molecular weight excluding hydrogens is 328 g/mol. The third kappa shape index (κ3) is 4.60. The third-order valence-corrected chi connectivity index (χ3v) is 4.47. The number of carbonyl (C=O) groups excluding carboxylic acids is 1. The summed E-state index contributed by atoms with van der Waals surface area (Å²) in [6.45, 7) is 2.04. The maximum Gasteiger partial charge on any atom is 0.234 e. The number of hydrogen-bond acceptors (Lipinski definition) is 4. The Hall–Kier alpha value is -2.35. The largest absolute Gasteiger partial charge is 0.355 e. The van der Waals surface area contributed by atoms with Crippen LogP contribution in [-0.4, -0.2) is 51.2 Å². The van der Waals surface area contributed by atoms with Crippen LogP contribution >= 0.6 is 0 Å². The molecule has 1 saturated heterocycles. The number of nitrogens with one attached hydrogen (secondary N) is 1. The fourth-order valence-electron chi connectivity index (χ4n) is 3.19. The molecule has 1 amide bonds. The molecule has 0 aliphatic carbocycles.